The fourth-order valence-corrected chi connectivity index (χ4v) is 2.67. The zero-order valence-corrected chi connectivity index (χ0v) is 12.6. The van der Waals surface area contributed by atoms with E-state index in [1.165, 1.54) is 0 Å². The molecule has 20 heavy (non-hydrogen) atoms. The highest BCUT2D eigenvalue weighted by Gasteiger charge is 2.26. The second-order valence-electron chi connectivity index (χ2n) is 6.15. The zero-order valence-electron chi connectivity index (χ0n) is 12.6. The minimum Gasteiger partial charge on any atom is -0.393 e. The maximum absolute atomic E-state index is 11.9. The summed E-state index contributed by atoms with van der Waals surface area (Å²) in [7, 11) is 0. The van der Waals surface area contributed by atoms with E-state index in [-0.39, 0.29) is 12.0 Å². The molecule has 1 aliphatic rings. The van der Waals surface area contributed by atoms with Crippen LogP contribution in [0.15, 0.2) is 0 Å². The number of carbonyl (C=O) groups excluding carboxylic acids is 2. The van der Waals surface area contributed by atoms with Crippen molar-refractivity contribution in [3.8, 4) is 0 Å². The van der Waals surface area contributed by atoms with Crippen molar-refractivity contribution in [1.29, 1.82) is 0 Å². The summed E-state index contributed by atoms with van der Waals surface area (Å²) >= 11 is 0. The summed E-state index contributed by atoms with van der Waals surface area (Å²) < 4.78 is 0. The highest BCUT2D eigenvalue weighted by atomic mass is 16.3. The largest absolute Gasteiger partial charge is 0.393 e. The minimum absolute atomic E-state index is 0.0982. The molecule has 116 valence electrons. The normalized spacial score (nSPS) is 25.8. The van der Waals surface area contributed by atoms with E-state index in [2.05, 4.69) is 5.32 Å². The number of primary amides is 1. The van der Waals surface area contributed by atoms with E-state index in [1.54, 1.807) is 0 Å². The van der Waals surface area contributed by atoms with Crippen molar-refractivity contribution < 1.29 is 14.7 Å². The first-order chi connectivity index (χ1) is 9.42. The van der Waals surface area contributed by atoms with Crippen LogP contribution in [0.4, 0.5) is 0 Å². The summed E-state index contributed by atoms with van der Waals surface area (Å²) in [5, 5.41) is 12.2. The van der Waals surface area contributed by atoms with Gasteiger partial charge < -0.3 is 16.2 Å². The average Bonchev–Trinajstić information content (AvgIpc) is 2.40. The molecule has 2 atom stereocenters. The van der Waals surface area contributed by atoms with E-state index in [0.29, 0.717) is 24.7 Å². The molecule has 5 heteroatoms. The lowest BCUT2D eigenvalue weighted by Gasteiger charge is -2.28. The van der Waals surface area contributed by atoms with Crippen LogP contribution in [0.25, 0.3) is 0 Å². The van der Waals surface area contributed by atoms with Crippen molar-refractivity contribution in [2.24, 2.45) is 17.6 Å². The van der Waals surface area contributed by atoms with Crippen molar-refractivity contribution >= 4 is 11.8 Å². The van der Waals surface area contributed by atoms with Crippen LogP contribution in [0.3, 0.4) is 0 Å². The van der Waals surface area contributed by atoms with Gasteiger partial charge in [-0.25, -0.2) is 0 Å². The Morgan fingerprint density at radius 2 is 1.90 bits per heavy atom. The fourth-order valence-electron chi connectivity index (χ4n) is 2.67. The van der Waals surface area contributed by atoms with Gasteiger partial charge in [-0.2, -0.15) is 0 Å². The molecule has 0 heterocycles. The molecule has 1 fully saturated rings. The highest BCUT2D eigenvalue weighted by Crippen LogP contribution is 2.27. The SMILES string of the molecule is CC[C@H](C)CC(=O)N[C@@H](CC1CCC(O)CC1)C(N)=O. The smallest absolute Gasteiger partial charge is 0.240 e. The zero-order chi connectivity index (χ0) is 15.1. The van der Waals surface area contributed by atoms with Gasteiger partial charge in [0.25, 0.3) is 0 Å². The minimum atomic E-state index is -0.577. The second kappa shape index (κ2) is 8.25. The third-order valence-corrected chi connectivity index (χ3v) is 4.29. The van der Waals surface area contributed by atoms with Crippen molar-refractivity contribution in [2.75, 3.05) is 0 Å². The van der Waals surface area contributed by atoms with E-state index in [4.69, 9.17) is 5.73 Å². The van der Waals surface area contributed by atoms with Crippen molar-refractivity contribution in [1.82, 2.24) is 5.32 Å². The lowest BCUT2D eigenvalue weighted by atomic mass is 9.83. The number of carbonyl (C=O) groups is 2. The third-order valence-electron chi connectivity index (χ3n) is 4.29. The van der Waals surface area contributed by atoms with Crippen LogP contribution in [0.1, 0.15) is 58.8 Å². The molecule has 0 radical (unpaired) electrons. The maximum Gasteiger partial charge on any atom is 0.240 e. The Labute approximate surface area is 121 Å². The van der Waals surface area contributed by atoms with Gasteiger partial charge in [0.05, 0.1) is 6.10 Å². The number of aliphatic hydroxyl groups is 1. The van der Waals surface area contributed by atoms with Crippen molar-refractivity contribution in [3.05, 3.63) is 0 Å². The number of hydrogen-bond acceptors (Lipinski definition) is 3. The molecule has 5 nitrogen and oxygen atoms in total. The first-order valence-corrected chi connectivity index (χ1v) is 7.69. The predicted octanol–water partition coefficient (Wildman–Crippen LogP) is 1.33. The van der Waals surface area contributed by atoms with Gasteiger partial charge in [0.15, 0.2) is 0 Å². The van der Waals surface area contributed by atoms with Crippen LogP contribution in [-0.4, -0.2) is 29.1 Å². The summed E-state index contributed by atoms with van der Waals surface area (Å²) in [5.74, 6) is 0.112. The van der Waals surface area contributed by atoms with E-state index < -0.39 is 11.9 Å². The summed E-state index contributed by atoms with van der Waals surface area (Å²) in [6, 6.07) is -0.577. The Bertz CT molecular complexity index is 325. The van der Waals surface area contributed by atoms with E-state index in [1.807, 2.05) is 13.8 Å². The molecule has 0 saturated heterocycles. The quantitative estimate of drug-likeness (QED) is 0.658. The van der Waals surface area contributed by atoms with Crippen LogP contribution in [-0.2, 0) is 9.59 Å². The van der Waals surface area contributed by atoms with Gasteiger partial charge in [0.2, 0.25) is 11.8 Å². The van der Waals surface area contributed by atoms with Gasteiger partial charge in [0.1, 0.15) is 6.04 Å². The second-order valence-corrected chi connectivity index (χ2v) is 6.15. The monoisotopic (exact) mass is 284 g/mol. The number of amides is 2. The summed E-state index contributed by atoms with van der Waals surface area (Å²) in [6.45, 7) is 4.05. The Morgan fingerprint density at radius 1 is 1.30 bits per heavy atom. The Hall–Kier alpha value is -1.10. The average molecular weight is 284 g/mol. The first-order valence-electron chi connectivity index (χ1n) is 7.69. The van der Waals surface area contributed by atoms with Crippen LogP contribution in [0.5, 0.6) is 0 Å². The number of rotatable bonds is 7. The molecule has 0 unspecified atom stereocenters. The molecule has 0 aromatic carbocycles. The van der Waals surface area contributed by atoms with E-state index in [0.717, 1.165) is 32.1 Å². The maximum atomic E-state index is 11.9. The Kier molecular flexibility index (Phi) is 6.99. The standard InChI is InChI=1S/C15H28N2O3/c1-3-10(2)8-14(19)17-13(15(16)20)9-11-4-6-12(18)7-5-11/h10-13,18H,3-9H2,1-2H3,(H2,16,20)(H,17,19)/t10-,11?,12?,13-/m0/s1. The lowest BCUT2D eigenvalue weighted by Crippen LogP contribution is -2.46. The molecule has 2 amide bonds. The molecule has 0 spiro atoms. The van der Waals surface area contributed by atoms with Gasteiger partial charge in [0, 0.05) is 6.42 Å². The van der Waals surface area contributed by atoms with Gasteiger partial charge in [-0.1, -0.05) is 20.3 Å². The molecule has 1 saturated carbocycles. The number of hydrogen-bond donors (Lipinski definition) is 3. The number of aliphatic hydroxyl groups excluding tert-OH is 1. The molecule has 1 rings (SSSR count). The molecule has 0 aromatic heterocycles. The van der Waals surface area contributed by atoms with Crippen LogP contribution in [0.2, 0.25) is 0 Å². The first kappa shape index (κ1) is 17.0. The predicted molar refractivity (Wildman–Crippen MR) is 77.8 cm³/mol. The molecule has 0 bridgehead atoms. The molecule has 1 aliphatic carbocycles. The molecular formula is C15H28N2O3. The number of nitrogens with two attached hydrogens (primary N) is 1. The van der Waals surface area contributed by atoms with Crippen LogP contribution in [0, 0.1) is 11.8 Å². The summed E-state index contributed by atoms with van der Waals surface area (Å²) in [6.07, 6.45) is 5.10. The molecule has 0 aromatic rings. The molecular weight excluding hydrogens is 256 g/mol. The Morgan fingerprint density at radius 3 is 2.40 bits per heavy atom. The number of nitrogens with one attached hydrogen (secondary N) is 1. The highest BCUT2D eigenvalue weighted by molar-refractivity contribution is 5.86. The van der Waals surface area contributed by atoms with Crippen molar-refractivity contribution in [2.45, 2.75) is 70.9 Å². The van der Waals surface area contributed by atoms with Gasteiger partial charge in [-0.3, -0.25) is 9.59 Å². The van der Waals surface area contributed by atoms with Crippen LogP contribution < -0.4 is 11.1 Å². The molecule has 0 aliphatic heterocycles. The Balaban J connectivity index is 2.44. The fraction of sp³-hybridized carbons (Fsp3) is 0.867. The molecule has 4 N–H and O–H groups in total. The van der Waals surface area contributed by atoms with E-state index in [9.17, 15) is 14.7 Å². The summed E-state index contributed by atoms with van der Waals surface area (Å²) in [4.78, 5) is 23.3. The van der Waals surface area contributed by atoms with Gasteiger partial charge in [-0.05, 0) is 43.9 Å². The lowest BCUT2D eigenvalue weighted by molar-refractivity contribution is -0.128. The summed E-state index contributed by atoms with van der Waals surface area (Å²) in [5.41, 5.74) is 5.39. The third kappa shape index (κ3) is 5.90. The topological polar surface area (TPSA) is 92.4 Å². The van der Waals surface area contributed by atoms with Crippen molar-refractivity contribution in [3.63, 3.8) is 0 Å². The van der Waals surface area contributed by atoms with Gasteiger partial charge in [-0.15, -0.1) is 0 Å². The van der Waals surface area contributed by atoms with E-state index >= 15 is 0 Å². The van der Waals surface area contributed by atoms with Crippen LogP contribution >= 0.6 is 0 Å². The van der Waals surface area contributed by atoms with Gasteiger partial charge >= 0.3 is 0 Å².